The molecule has 0 aromatic rings. The van der Waals surface area contributed by atoms with Crippen molar-refractivity contribution in [2.24, 2.45) is 0 Å². The number of hydrogen-bond acceptors (Lipinski definition) is 2. The van der Waals surface area contributed by atoms with Crippen molar-refractivity contribution < 1.29 is 10.2 Å². The normalized spacial score (nSPS) is 37.4. The molecule has 2 N–H and O–H groups in total. The second kappa shape index (κ2) is 4.05. The van der Waals surface area contributed by atoms with E-state index in [2.05, 4.69) is 23.7 Å². The highest BCUT2D eigenvalue weighted by Crippen LogP contribution is 2.21. The first kappa shape index (κ1) is 11.1. The van der Waals surface area contributed by atoms with Gasteiger partial charge in [0.1, 0.15) is 0 Å². The molecule has 2 heteroatoms. The summed E-state index contributed by atoms with van der Waals surface area (Å²) in [6.45, 7) is 2.99. The Morgan fingerprint density at radius 1 is 0.857 bits per heavy atom. The second-order valence-corrected chi connectivity index (χ2v) is 3.96. The summed E-state index contributed by atoms with van der Waals surface area (Å²) in [4.78, 5) is 0. The summed E-state index contributed by atoms with van der Waals surface area (Å²) < 4.78 is 0. The Hall–Kier alpha value is -0.960. The van der Waals surface area contributed by atoms with Crippen LogP contribution in [0.5, 0.6) is 0 Å². The van der Waals surface area contributed by atoms with E-state index in [1.807, 2.05) is 0 Å². The maximum absolute atomic E-state index is 9.90. The van der Waals surface area contributed by atoms with Crippen molar-refractivity contribution in [2.45, 2.75) is 50.7 Å². The molecule has 2 nitrogen and oxygen atoms in total. The van der Waals surface area contributed by atoms with E-state index in [0.717, 1.165) is 25.7 Å². The summed E-state index contributed by atoms with van der Waals surface area (Å²) in [6.07, 6.45) is 3.52. The predicted molar refractivity (Wildman–Crippen MR) is 55.3 cm³/mol. The van der Waals surface area contributed by atoms with E-state index in [4.69, 9.17) is 0 Å². The van der Waals surface area contributed by atoms with Crippen LogP contribution in [-0.4, -0.2) is 21.4 Å². The fraction of sp³-hybridized carbons (Fsp3) is 0.667. The zero-order chi connectivity index (χ0) is 10.7. The van der Waals surface area contributed by atoms with Gasteiger partial charge in [0.15, 0.2) is 11.2 Å². The van der Waals surface area contributed by atoms with Crippen LogP contribution in [0.3, 0.4) is 0 Å². The summed E-state index contributed by atoms with van der Waals surface area (Å²) >= 11 is 0. The molecule has 0 aromatic heterocycles. The molecule has 1 rings (SSSR count). The average Bonchev–Trinajstić information content (AvgIpc) is 2.08. The molecule has 2 atom stereocenters. The lowest BCUT2D eigenvalue weighted by Gasteiger charge is -2.29. The number of aliphatic hydroxyl groups is 2. The molecule has 0 bridgehead atoms. The van der Waals surface area contributed by atoms with E-state index in [9.17, 15) is 10.2 Å². The van der Waals surface area contributed by atoms with Crippen molar-refractivity contribution in [3.8, 4) is 23.7 Å². The van der Waals surface area contributed by atoms with Crippen LogP contribution in [0.1, 0.15) is 39.5 Å². The fourth-order valence-electron chi connectivity index (χ4n) is 1.14. The summed E-state index contributed by atoms with van der Waals surface area (Å²) in [5.41, 5.74) is -2.89. The first-order chi connectivity index (χ1) is 6.46. The summed E-state index contributed by atoms with van der Waals surface area (Å²) in [7, 11) is 0. The molecule has 0 heterocycles. The average molecular weight is 192 g/mol. The van der Waals surface area contributed by atoms with Gasteiger partial charge in [-0.3, -0.25) is 0 Å². The van der Waals surface area contributed by atoms with Crippen molar-refractivity contribution in [2.75, 3.05) is 0 Å². The molecule has 1 aliphatic carbocycles. The van der Waals surface area contributed by atoms with Gasteiger partial charge in [-0.05, 0) is 26.7 Å². The Balaban J connectivity index is 2.97. The lowest BCUT2D eigenvalue weighted by atomic mass is 9.86. The van der Waals surface area contributed by atoms with Gasteiger partial charge in [0.05, 0.1) is 0 Å². The molecule has 0 radical (unpaired) electrons. The molecular weight excluding hydrogens is 176 g/mol. The van der Waals surface area contributed by atoms with Gasteiger partial charge in [-0.25, -0.2) is 0 Å². The lowest BCUT2D eigenvalue weighted by Crippen LogP contribution is -2.48. The van der Waals surface area contributed by atoms with E-state index in [0.29, 0.717) is 0 Å². The van der Waals surface area contributed by atoms with E-state index in [-0.39, 0.29) is 0 Å². The van der Waals surface area contributed by atoms with Gasteiger partial charge in [-0.15, -0.1) is 11.8 Å². The van der Waals surface area contributed by atoms with Gasteiger partial charge in [0.25, 0.3) is 0 Å². The third-order valence-electron chi connectivity index (χ3n) is 2.47. The molecule has 0 saturated heterocycles. The quantitative estimate of drug-likeness (QED) is 0.564. The van der Waals surface area contributed by atoms with Crippen LogP contribution in [0, 0.1) is 23.7 Å². The Morgan fingerprint density at radius 2 is 1.21 bits per heavy atom. The monoisotopic (exact) mass is 192 g/mol. The SMILES string of the molecule is C[C@@]1(O)C#CCCCCC#C[C@@]1(C)O. The standard InChI is InChI=1S/C12H16O2/c1-11(13)9-7-5-3-4-6-8-10-12(11,2)14/h13-14H,3-6H2,1-2H3/t11-,12-/m1/s1. The van der Waals surface area contributed by atoms with Crippen molar-refractivity contribution >= 4 is 0 Å². The molecule has 14 heavy (non-hydrogen) atoms. The van der Waals surface area contributed by atoms with Crippen LogP contribution in [0.25, 0.3) is 0 Å². The van der Waals surface area contributed by atoms with E-state index >= 15 is 0 Å². The molecular formula is C12H16O2. The highest BCUT2D eigenvalue weighted by atomic mass is 16.3. The third-order valence-corrected chi connectivity index (χ3v) is 2.47. The fourth-order valence-corrected chi connectivity index (χ4v) is 1.14. The van der Waals surface area contributed by atoms with Crippen LogP contribution in [0.15, 0.2) is 0 Å². The van der Waals surface area contributed by atoms with Gasteiger partial charge in [0.2, 0.25) is 0 Å². The Bertz CT molecular complexity index is 284. The topological polar surface area (TPSA) is 40.5 Å². The molecule has 76 valence electrons. The lowest BCUT2D eigenvalue weighted by molar-refractivity contribution is -0.0553. The van der Waals surface area contributed by atoms with Crippen LogP contribution >= 0.6 is 0 Å². The van der Waals surface area contributed by atoms with Crippen molar-refractivity contribution in [1.82, 2.24) is 0 Å². The van der Waals surface area contributed by atoms with Gasteiger partial charge in [0, 0.05) is 12.8 Å². The minimum atomic E-state index is -1.45. The zero-order valence-corrected chi connectivity index (χ0v) is 8.72. The van der Waals surface area contributed by atoms with E-state index in [1.165, 1.54) is 13.8 Å². The molecule has 0 aliphatic heterocycles. The van der Waals surface area contributed by atoms with Gasteiger partial charge >= 0.3 is 0 Å². The molecule has 0 fully saturated rings. The van der Waals surface area contributed by atoms with Crippen molar-refractivity contribution in [3.63, 3.8) is 0 Å². The highest BCUT2D eigenvalue weighted by molar-refractivity contribution is 5.29. The van der Waals surface area contributed by atoms with E-state index < -0.39 is 11.2 Å². The summed E-state index contributed by atoms with van der Waals surface area (Å²) in [5.74, 6) is 11.1. The van der Waals surface area contributed by atoms with Crippen molar-refractivity contribution in [3.05, 3.63) is 0 Å². The van der Waals surface area contributed by atoms with Crippen LogP contribution in [-0.2, 0) is 0 Å². The predicted octanol–water partition coefficient (Wildman–Crippen LogP) is 1.07. The van der Waals surface area contributed by atoms with Crippen LogP contribution < -0.4 is 0 Å². The molecule has 0 aromatic carbocycles. The Labute approximate surface area is 85.3 Å². The molecule has 0 unspecified atom stereocenters. The maximum atomic E-state index is 9.90. The minimum absolute atomic E-state index is 0.758. The third kappa shape index (κ3) is 2.51. The van der Waals surface area contributed by atoms with Gasteiger partial charge in [-0.1, -0.05) is 11.8 Å². The summed E-state index contributed by atoms with van der Waals surface area (Å²) in [5, 5.41) is 19.8. The first-order valence-corrected chi connectivity index (χ1v) is 4.90. The number of hydrogen-bond donors (Lipinski definition) is 2. The van der Waals surface area contributed by atoms with Gasteiger partial charge < -0.3 is 10.2 Å². The minimum Gasteiger partial charge on any atom is -0.374 e. The summed E-state index contributed by atoms with van der Waals surface area (Å²) in [6, 6.07) is 0. The second-order valence-electron chi connectivity index (χ2n) is 3.96. The smallest absolute Gasteiger partial charge is 0.162 e. The number of rotatable bonds is 0. The molecule has 0 amide bonds. The Morgan fingerprint density at radius 3 is 1.57 bits per heavy atom. The van der Waals surface area contributed by atoms with E-state index in [1.54, 1.807) is 0 Å². The largest absolute Gasteiger partial charge is 0.374 e. The molecule has 1 aliphatic rings. The highest BCUT2D eigenvalue weighted by Gasteiger charge is 2.39. The first-order valence-electron chi connectivity index (χ1n) is 4.90. The zero-order valence-electron chi connectivity index (χ0n) is 8.72. The van der Waals surface area contributed by atoms with Crippen molar-refractivity contribution in [1.29, 1.82) is 0 Å². The Kier molecular flexibility index (Phi) is 3.21. The molecule has 0 spiro atoms. The van der Waals surface area contributed by atoms with Crippen LogP contribution in [0.2, 0.25) is 0 Å². The van der Waals surface area contributed by atoms with Crippen LogP contribution in [0.4, 0.5) is 0 Å². The molecule has 0 saturated carbocycles. The van der Waals surface area contributed by atoms with Gasteiger partial charge in [-0.2, -0.15) is 0 Å². The maximum Gasteiger partial charge on any atom is 0.162 e.